The van der Waals surface area contributed by atoms with Crippen molar-refractivity contribution in [1.29, 1.82) is 0 Å². The Morgan fingerprint density at radius 1 is 1.08 bits per heavy atom. The molecule has 0 aliphatic heterocycles. The molecule has 0 bridgehead atoms. The fourth-order valence-electron chi connectivity index (χ4n) is 5.70. The summed E-state index contributed by atoms with van der Waals surface area (Å²) in [6.07, 6.45) is -0.240. The third kappa shape index (κ3) is 8.12. The predicted octanol–water partition coefficient (Wildman–Crippen LogP) is 3.53. The Hall–Kier alpha value is -4.73. The maximum absolute atomic E-state index is 14.4. The lowest BCUT2D eigenvalue weighted by atomic mass is 9.87. The summed E-state index contributed by atoms with van der Waals surface area (Å²) in [5.74, 6) is -0.170. The van der Waals surface area contributed by atoms with Crippen molar-refractivity contribution in [2.45, 2.75) is 31.1 Å². The van der Waals surface area contributed by atoms with E-state index in [-0.39, 0.29) is 48.8 Å². The zero-order valence-corrected chi connectivity index (χ0v) is 28.9. The second-order valence-corrected chi connectivity index (χ2v) is 12.4. The van der Waals surface area contributed by atoms with Gasteiger partial charge in [0.2, 0.25) is 5.91 Å². The summed E-state index contributed by atoms with van der Waals surface area (Å²) in [6, 6.07) is 17.6. The number of halogens is 1. The van der Waals surface area contributed by atoms with Crippen molar-refractivity contribution in [1.82, 2.24) is 10.2 Å². The number of benzene rings is 3. The van der Waals surface area contributed by atoms with Crippen molar-refractivity contribution in [2.75, 3.05) is 33.9 Å². The Balaban J connectivity index is 1.58. The molecule has 3 atom stereocenters. The number of nitrogens with one attached hydrogen (secondary N) is 1. The van der Waals surface area contributed by atoms with Gasteiger partial charge in [-0.1, -0.05) is 30.3 Å². The van der Waals surface area contributed by atoms with E-state index in [0.29, 0.717) is 38.6 Å². The van der Waals surface area contributed by atoms with Gasteiger partial charge in [0.15, 0.2) is 11.5 Å². The zero-order chi connectivity index (χ0) is 35.1. The number of carbonyl (C=O) groups excluding carboxylic acids is 3. The minimum absolute atomic E-state index is 0.0234. The molecule has 1 aliphatic carbocycles. The number of fused-ring (bicyclic) bond motifs is 1. The molecule has 1 aromatic heterocycles. The van der Waals surface area contributed by atoms with E-state index < -0.39 is 35.7 Å². The first kappa shape index (κ1) is 35.6. The van der Waals surface area contributed by atoms with Crippen LogP contribution in [-0.2, 0) is 11.2 Å². The fraction of sp³-hybridized carbons (Fsp3) is 0.278. The molecule has 3 aromatic carbocycles. The minimum atomic E-state index is -1.40. The maximum atomic E-state index is 14.4. The molecule has 1 heterocycles. The molecule has 2 amide bonds. The molecule has 49 heavy (non-hydrogen) atoms. The number of methoxy groups -OCH3 is 2. The van der Waals surface area contributed by atoms with Gasteiger partial charge in [0.05, 0.1) is 30.4 Å². The highest BCUT2D eigenvalue weighted by molar-refractivity contribution is 14.1. The number of para-hydroxylation sites is 1. The van der Waals surface area contributed by atoms with Crippen molar-refractivity contribution in [3.8, 4) is 17.2 Å². The number of aliphatic hydroxyl groups excluding tert-OH is 2. The van der Waals surface area contributed by atoms with Crippen LogP contribution in [0.15, 0.2) is 87.6 Å². The third-order valence-electron chi connectivity index (χ3n) is 8.16. The summed E-state index contributed by atoms with van der Waals surface area (Å²) in [5, 5.41) is 24.5. The molecule has 3 N–H and O–H groups in total. The van der Waals surface area contributed by atoms with Gasteiger partial charge in [-0.15, -0.1) is 0 Å². The van der Waals surface area contributed by atoms with Gasteiger partial charge in [0, 0.05) is 36.0 Å². The van der Waals surface area contributed by atoms with E-state index in [1.54, 1.807) is 43.5 Å². The molecule has 0 saturated heterocycles. The highest BCUT2D eigenvalue weighted by atomic mass is 127. The summed E-state index contributed by atoms with van der Waals surface area (Å²) < 4.78 is 23.1. The molecule has 4 aromatic rings. The molecule has 256 valence electrons. The van der Waals surface area contributed by atoms with E-state index in [4.69, 9.17) is 18.6 Å². The number of carbonyl (C=O) groups is 3. The first-order valence-corrected chi connectivity index (χ1v) is 16.5. The number of hydrogen-bond donors (Lipinski definition) is 3. The average Bonchev–Trinajstić information content (AvgIpc) is 3.12. The lowest BCUT2D eigenvalue weighted by Gasteiger charge is -2.40. The monoisotopic (exact) mass is 782 g/mol. The fourth-order valence-corrected chi connectivity index (χ4v) is 6.45. The normalized spacial score (nSPS) is 17.2. The van der Waals surface area contributed by atoms with E-state index in [1.165, 1.54) is 30.2 Å². The summed E-state index contributed by atoms with van der Waals surface area (Å²) in [7, 11) is 2.95. The molecule has 1 aliphatic rings. The van der Waals surface area contributed by atoms with Crippen LogP contribution in [0.1, 0.15) is 32.7 Å². The van der Waals surface area contributed by atoms with Crippen molar-refractivity contribution < 1.29 is 43.2 Å². The van der Waals surface area contributed by atoms with Gasteiger partial charge >= 0.3 is 5.63 Å². The van der Waals surface area contributed by atoms with Crippen molar-refractivity contribution in [3.63, 3.8) is 0 Å². The number of aliphatic hydroxyl groups is 2. The third-order valence-corrected chi connectivity index (χ3v) is 8.97. The van der Waals surface area contributed by atoms with E-state index in [9.17, 15) is 29.4 Å². The standard InChI is InChI=1S/C36H35IN2O10/c1-46-25-8-5-6-21(14-25)10-12-39(35(44)26-17-23-7-3-4-9-29(23)49-36(26)45)28-18-24(34(43)38-11-13-40)19-30(32(28)42)48-33-27(37)15-22(20-41)16-31(33)47-2/h3-9,14-17,19-20,28,30,32,40,42H,10-13,18H2,1-2H3,(H,38,43)/t28-,30+,32+/m1/s1. The van der Waals surface area contributed by atoms with Gasteiger partial charge in [-0.05, 0) is 77.0 Å². The van der Waals surface area contributed by atoms with Crippen LogP contribution < -0.4 is 25.2 Å². The van der Waals surface area contributed by atoms with Gasteiger partial charge in [0.1, 0.15) is 35.4 Å². The molecule has 0 spiro atoms. The topological polar surface area (TPSA) is 165 Å². The molecule has 0 radical (unpaired) electrons. The lowest BCUT2D eigenvalue weighted by Crippen LogP contribution is -2.56. The summed E-state index contributed by atoms with van der Waals surface area (Å²) in [6.45, 7) is -0.288. The van der Waals surface area contributed by atoms with E-state index in [0.717, 1.165) is 5.56 Å². The summed E-state index contributed by atoms with van der Waals surface area (Å²) in [5.41, 5.74) is 0.588. The Bertz CT molecular complexity index is 1940. The molecule has 0 saturated carbocycles. The van der Waals surface area contributed by atoms with Gasteiger partial charge in [0.25, 0.3) is 5.91 Å². The van der Waals surface area contributed by atoms with Crippen LogP contribution in [0, 0.1) is 3.57 Å². The molecule has 5 rings (SSSR count). The highest BCUT2D eigenvalue weighted by Gasteiger charge is 2.41. The smallest absolute Gasteiger partial charge is 0.349 e. The molecular formula is C36H35IN2O10. The number of aldehydes is 1. The Labute approximate surface area is 295 Å². The first-order valence-electron chi connectivity index (χ1n) is 15.4. The minimum Gasteiger partial charge on any atom is -0.497 e. The number of ether oxygens (including phenoxy) is 3. The van der Waals surface area contributed by atoms with Crippen LogP contribution in [-0.4, -0.2) is 85.4 Å². The molecular weight excluding hydrogens is 747 g/mol. The van der Waals surface area contributed by atoms with Crippen LogP contribution in [0.3, 0.4) is 0 Å². The molecule has 13 heteroatoms. The molecule has 0 unspecified atom stereocenters. The Morgan fingerprint density at radius 3 is 2.61 bits per heavy atom. The van der Waals surface area contributed by atoms with Crippen LogP contribution in [0.4, 0.5) is 0 Å². The highest BCUT2D eigenvalue weighted by Crippen LogP contribution is 2.37. The van der Waals surface area contributed by atoms with Gasteiger partial charge in [-0.25, -0.2) is 4.79 Å². The SMILES string of the molecule is COc1cccc(CCN(C(=O)c2cc3ccccc3oc2=O)[C@@H]2CC(C(=O)NCCO)=C[C@H](Oc3c(I)cc(C=O)cc3OC)[C@H]2O)c1. The second-order valence-electron chi connectivity index (χ2n) is 11.3. The number of rotatable bonds is 13. The maximum Gasteiger partial charge on any atom is 0.349 e. The van der Waals surface area contributed by atoms with Crippen molar-refractivity contribution >= 4 is 51.7 Å². The van der Waals surface area contributed by atoms with Gasteiger partial charge < -0.3 is 39.1 Å². The van der Waals surface area contributed by atoms with E-state index in [1.807, 2.05) is 40.8 Å². The second kappa shape index (κ2) is 16.1. The van der Waals surface area contributed by atoms with Crippen molar-refractivity contribution in [2.24, 2.45) is 0 Å². The number of amides is 2. The van der Waals surface area contributed by atoms with E-state index >= 15 is 0 Å². The average molecular weight is 783 g/mol. The van der Waals surface area contributed by atoms with Crippen LogP contribution in [0.2, 0.25) is 0 Å². The number of hydrogen-bond acceptors (Lipinski definition) is 10. The first-order chi connectivity index (χ1) is 23.7. The van der Waals surface area contributed by atoms with Crippen LogP contribution in [0.5, 0.6) is 17.2 Å². The van der Waals surface area contributed by atoms with Crippen LogP contribution >= 0.6 is 22.6 Å². The van der Waals surface area contributed by atoms with Gasteiger partial charge in [-0.2, -0.15) is 0 Å². The predicted molar refractivity (Wildman–Crippen MR) is 188 cm³/mol. The molecule has 12 nitrogen and oxygen atoms in total. The summed E-state index contributed by atoms with van der Waals surface area (Å²) in [4.78, 5) is 53.8. The number of nitrogens with zero attached hydrogens (tertiary/aromatic N) is 1. The lowest BCUT2D eigenvalue weighted by molar-refractivity contribution is -0.118. The Morgan fingerprint density at radius 2 is 1.88 bits per heavy atom. The summed E-state index contributed by atoms with van der Waals surface area (Å²) >= 11 is 1.98. The quantitative estimate of drug-likeness (QED) is 0.104. The Kier molecular flexibility index (Phi) is 11.7. The molecule has 0 fully saturated rings. The van der Waals surface area contributed by atoms with Crippen LogP contribution in [0.25, 0.3) is 11.0 Å². The van der Waals surface area contributed by atoms with E-state index in [2.05, 4.69) is 5.32 Å². The largest absolute Gasteiger partial charge is 0.497 e. The zero-order valence-electron chi connectivity index (χ0n) is 26.8. The van der Waals surface area contributed by atoms with Crippen molar-refractivity contribution in [3.05, 3.63) is 109 Å². The van der Waals surface area contributed by atoms with Gasteiger partial charge in [-0.3, -0.25) is 14.4 Å².